The lowest BCUT2D eigenvalue weighted by Crippen LogP contribution is -2.47. The fourth-order valence-corrected chi connectivity index (χ4v) is 2.37. The Morgan fingerprint density at radius 3 is 2.79 bits per heavy atom. The van der Waals surface area contributed by atoms with Gasteiger partial charge in [0.1, 0.15) is 5.76 Å². The van der Waals surface area contributed by atoms with Gasteiger partial charge < -0.3 is 9.73 Å². The van der Waals surface area contributed by atoms with Crippen molar-refractivity contribution in [2.75, 3.05) is 0 Å². The van der Waals surface area contributed by atoms with E-state index in [4.69, 9.17) is 9.68 Å². The van der Waals surface area contributed by atoms with E-state index in [2.05, 4.69) is 10.7 Å². The molecule has 0 saturated carbocycles. The molecule has 0 radical (unpaired) electrons. The van der Waals surface area contributed by atoms with E-state index >= 15 is 0 Å². The molecule has 1 aliphatic heterocycles. The number of rotatable bonds is 3. The third kappa shape index (κ3) is 2.38. The molecule has 1 aliphatic rings. The van der Waals surface area contributed by atoms with Crippen LogP contribution in [0, 0.1) is 11.3 Å². The molecule has 0 spiro atoms. The number of imide groups is 1. The van der Waals surface area contributed by atoms with E-state index in [9.17, 15) is 14.4 Å². The first-order chi connectivity index (χ1) is 11.5. The third-order valence-corrected chi connectivity index (χ3v) is 3.67. The number of nitrogens with one attached hydrogen (secondary N) is 2. The number of hydrogen-bond donors (Lipinski definition) is 2. The van der Waals surface area contributed by atoms with Crippen LogP contribution < -0.4 is 10.7 Å². The van der Waals surface area contributed by atoms with Crippen molar-refractivity contribution < 1.29 is 18.8 Å². The average Bonchev–Trinajstić information content (AvgIpc) is 3.19. The molecule has 4 amide bonds. The van der Waals surface area contributed by atoms with Crippen molar-refractivity contribution in [3.63, 3.8) is 0 Å². The van der Waals surface area contributed by atoms with Crippen LogP contribution in [0.25, 0.3) is 0 Å². The Bertz CT molecular complexity index is 868. The van der Waals surface area contributed by atoms with Gasteiger partial charge in [0.2, 0.25) is 0 Å². The first-order valence-electron chi connectivity index (χ1n) is 6.97. The van der Waals surface area contributed by atoms with Crippen LogP contribution in [-0.4, -0.2) is 22.9 Å². The number of nitrogens with zero attached hydrogens (tertiary/aromatic N) is 2. The molecule has 0 aliphatic carbocycles. The SMILES string of the molecule is CC1(c2ccco2)NC(=O)N(NC(=O)c2cccc(C#N)c2)C1=O. The molecular formula is C16H12N4O4. The lowest BCUT2D eigenvalue weighted by Gasteiger charge is -2.19. The van der Waals surface area contributed by atoms with Crippen LogP contribution in [0.15, 0.2) is 47.1 Å². The first kappa shape index (κ1) is 15.3. The summed E-state index contributed by atoms with van der Waals surface area (Å²) in [5.74, 6) is -1.10. The Morgan fingerprint density at radius 2 is 2.12 bits per heavy atom. The number of hydrazine groups is 1. The van der Waals surface area contributed by atoms with Crippen LogP contribution in [-0.2, 0) is 10.3 Å². The van der Waals surface area contributed by atoms with Crippen LogP contribution in [0.5, 0.6) is 0 Å². The topological polar surface area (TPSA) is 115 Å². The van der Waals surface area contributed by atoms with Gasteiger partial charge in [0.15, 0.2) is 5.54 Å². The minimum atomic E-state index is -1.40. The summed E-state index contributed by atoms with van der Waals surface area (Å²) in [7, 11) is 0. The van der Waals surface area contributed by atoms with Gasteiger partial charge in [-0.2, -0.15) is 10.3 Å². The quantitative estimate of drug-likeness (QED) is 0.825. The molecule has 1 fully saturated rings. The van der Waals surface area contributed by atoms with Gasteiger partial charge >= 0.3 is 6.03 Å². The van der Waals surface area contributed by atoms with E-state index in [1.807, 2.05) is 6.07 Å². The summed E-state index contributed by atoms with van der Waals surface area (Å²) in [5.41, 5.74) is 1.29. The van der Waals surface area contributed by atoms with Crippen LogP contribution in [0.3, 0.4) is 0 Å². The molecule has 3 rings (SSSR count). The predicted octanol–water partition coefficient (Wildman–Crippen LogP) is 1.26. The van der Waals surface area contributed by atoms with Crippen LogP contribution >= 0.6 is 0 Å². The molecule has 1 aromatic heterocycles. The minimum absolute atomic E-state index is 0.154. The van der Waals surface area contributed by atoms with E-state index in [1.54, 1.807) is 18.2 Å². The summed E-state index contributed by atoms with van der Waals surface area (Å²) in [6, 6.07) is 10.2. The van der Waals surface area contributed by atoms with Gasteiger partial charge in [0, 0.05) is 5.56 Å². The van der Waals surface area contributed by atoms with Gasteiger partial charge in [-0.15, -0.1) is 0 Å². The number of benzene rings is 1. The monoisotopic (exact) mass is 324 g/mol. The van der Waals surface area contributed by atoms with Crippen molar-refractivity contribution in [3.8, 4) is 6.07 Å². The molecule has 1 atom stereocenters. The van der Waals surface area contributed by atoms with E-state index in [-0.39, 0.29) is 11.3 Å². The Balaban J connectivity index is 1.83. The molecule has 1 unspecified atom stereocenters. The molecular weight excluding hydrogens is 312 g/mol. The fourth-order valence-electron chi connectivity index (χ4n) is 2.37. The highest BCUT2D eigenvalue weighted by atomic mass is 16.3. The van der Waals surface area contributed by atoms with Crippen molar-refractivity contribution >= 4 is 17.8 Å². The molecule has 0 bridgehead atoms. The number of carbonyl (C=O) groups excluding carboxylic acids is 3. The second kappa shape index (κ2) is 5.55. The summed E-state index contributed by atoms with van der Waals surface area (Å²) >= 11 is 0. The highest BCUT2D eigenvalue weighted by Crippen LogP contribution is 2.28. The second-order valence-corrected chi connectivity index (χ2v) is 5.31. The standard InChI is InChI=1S/C16H12N4O4/c1-16(12-6-3-7-24-12)14(22)20(15(23)18-16)19-13(21)11-5-2-4-10(8-11)9-17/h2-8H,1H3,(H,18,23)(H,19,21). The molecule has 1 aromatic carbocycles. The lowest BCUT2D eigenvalue weighted by atomic mass is 10.00. The summed E-state index contributed by atoms with van der Waals surface area (Å²) in [4.78, 5) is 36.9. The predicted molar refractivity (Wildman–Crippen MR) is 80.1 cm³/mol. The summed E-state index contributed by atoms with van der Waals surface area (Å²) in [6.45, 7) is 1.48. The van der Waals surface area contributed by atoms with Crippen molar-refractivity contribution in [2.45, 2.75) is 12.5 Å². The number of carbonyl (C=O) groups is 3. The van der Waals surface area contributed by atoms with Gasteiger partial charge in [-0.1, -0.05) is 6.07 Å². The Hall–Kier alpha value is -3.60. The number of amides is 4. The maximum absolute atomic E-state index is 12.5. The van der Waals surface area contributed by atoms with Gasteiger partial charge in [0.25, 0.3) is 11.8 Å². The van der Waals surface area contributed by atoms with Crippen molar-refractivity contribution in [1.82, 2.24) is 15.8 Å². The zero-order valence-electron chi connectivity index (χ0n) is 12.6. The number of hydrogen-bond acceptors (Lipinski definition) is 5. The zero-order chi connectivity index (χ0) is 17.3. The first-order valence-corrected chi connectivity index (χ1v) is 6.97. The summed E-state index contributed by atoms with van der Waals surface area (Å²) < 4.78 is 5.20. The summed E-state index contributed by atoms with van der Waals surface area (Å²) in [5, 5.41) is 12.0. The molecule has 2 aromatic rings. The van der Waals surface area contributed by atoms with E-state index < -0.39 is 23.4 Å². The second-order valence-electron chi connectivity index (χ2n) is 5.31. The highest BCUT2D eigenvalue weighted by molar-refractivity contribution is 6.09. The van der Waals surface area contributed by atoms with Crippen molar-refractivity contribution in [2.24, 2.45) is 0 Å². The molecule has 24 heavy (non-hydrogen) atoms. The number of nitriles is 1. The van der Waals surface area contributed by atoms with Gasteiger partial charge in [-0.05, 0) is 37.3 Å². The molecule has 8 heteroatoms. The maximum Gasteiger partial charge on any atom is 0.344 e. The van der Waals surface area contributed by atoms with Gasteiger partial charge in [-0.25, -0.2) is 4.79 Å². The molecule has 120 valence electrons. The van der Waals surface area contributed by atoms with Crippen LogP contribution in [0.4, 0.5) is 4.79 Å². The number of urea groups is 1. The lowest BCUT2D eigenvalue weighted by molar-refractivity contribution is -0.133. The third-order valence-electron chi connectivity index (χ3n) is 3.67. The summed E-state index contributed by atoms with van der Waals surface area (Å²) in [6.07, 6.45) is 1.38. The van der Waals surface area contributed by atoms with E-state index in [0.717, 1.165) is 0 Å². The Labute approximate surface area is 136 Å². The largest absolute Gasteiger partial charge is 0.466 e. The molecule has 8 nitrogen and oxygen atoms in total. The molecule has 2 N–H and O–H groups in total. The highest BCUT2D eigenvalue weighted by Gasteiger charge is 2.52. The van der Waals surface area contributed by atoms with Crippen LogP contribution in [0.2, 0.25) is 0 Å². The smallest absolute Gasteiger partial charge is 0.344 e. The average molecular weight is 324 g/mol. The number of furan rings is 1. The normalized spacial score (nSPS) is 19.8. The van der Waals surface area contributed by atoms with Crippen molar-refractivity contribution in [3.05, 3.63) is 59.5 Å². The minimum Gasteiger partial charge on any atom is -0.466 e. The Kier molecular flexibility index (Phi) is 3.54. The zero-order valence-corrected chi connectivity index (χ0v) is 12.6. The van der Waals surface area contributed by atoms with E-state index in [1.165, 1.54) is 31.4 Å². The molecule has 1 saturated heterocycles. The Morgan fingerprint density at radius 1 is 1.33 bits per heavy atom. The fraction of sp³-hybridized carbons (Fsp3) is 0.125. The van der Waals surface area contributed by atoms with Gasteiger partial charge in [0.05, 0.1) is 17.9 Å². The van der Waals surface area contributed by atoms with Gasteiger partial charge in [-0.3, -0.25) is 15.0 Å². The van der Waals surface area contributed by atoms with Crippen molar-refractivity contribution in [1.29, 1.82) is 5.26 Å². The molecule has 2 heterocycles. The van der Waals surface area contributed by atoms with Crippen LogP contribution in [0.1, 0.15) is 28.6 Å². The maximum atomic E-state index is 12.5. The van der Waals surface area contributed by atoms with E-state index in [0.29, 0.717) is 10.6 Å².